The minimum atomic E-state index is -0.101. The largest absolute Gasteiger partial charge is 0.348 e. The third kappa shape index (κ3) is 3.09. The number of nitrogens with one attached hydrogen (secondary N) is 2. The Bertz CT molecular complexity index is 697. The lowest BCUT2D eigenvalue weighted by Gasteiger charge is -2.08. The average molecular weight is 301 g/mol. The van der Waals surface area contributed by atoms with Crippen LogP contribution in [-0.2, 0) is 19.6 Å². The molecule has 21 heavy (non-hydrogen) atoms. The Morgan fingerprint density at radius 1 is 1.19 bits per heavy atom. The predicted octanol–water partition coefficient (Wildman–Crippen LogP) is 3.18. The second-order valence-electron chi connectivity index (χ2n) is 5.35. The number of hydrogen-bond donors (Lipinski definition) is 2. The predicted molar refractivity (Wildman–Crippen MR) is 84.3 cm³/mol. The lowest BCUT2D eigenvalue weighted by Crippen LogP contribution is -2.22. The molecule has 1 aliphatic rings. The molecule has 0 aromatic heterocycles. The standard InChI is InChI=1S/C17H17ClN2O/c1-11-2-4-13(7-16(11)18)17(21)20-8-12-3-5-14-9-19-10-15(14)6-12/h2-7,19H,8-10H2,1H3,(H,20,21). The Morgan fingerprint density at radius 3 is 2.81 bits per heavy atom. The fourth-order valence-electron chi connectivity index (χ4n) is 2.48. The van der Waals surface area contributed by atoms with E-state index in [1.807, 2.05) is 13.0 Å². The third-order valence-corrected chi connectivity index (χ3v) is 4.20. The Kier molecular flexibility index (Phi) is 3.95. The van der Waals surface area contributed by atoms with Gasteiger partial charge in [-0.25, -0.2) is 0 Å². The van der Waals surface area contributed by atoms with E-state index < -0.39 is 0 Å². The Morgan fingerprint density at radius 2 is 2.00 bits per heavy atom. The molecule has 2 aromatic rings. The van der Waals surface area contributed by atoms with Crippen LogP contribution in [-0.4, -0.2) is 5.91 Å². The van der Waals surface area contributed by atoms with E-state index >= 15 is 0 Å². The van der Waals surface area contributed by atoms with Gasteiger partial charge in [-0.05, 0) is 41.3 Å². The van der Waals surface area contributed by atoms with Crippen LogP contribution in [0.1, 0.15) is 32.6 Å². The molecule has 2 aromatic carbocycles. The molecular formula is C17H17ClN2O. The van der Waals surface area contributed by atoms with E-state index in [2.05, 4.69) is 28.8 Å². The number of carbonyl (C=O) groups excluding carboxylic acids is 1. The van der Waals surface area contributed by atoms with Crippen molar-refractivity contribution in [1.82, 2.24) is 10.6 Å². The number of aryl methyl sites for hydroxylation is 1. The summed E-state index contributed by atoms with van der Waals surface area (Å²) >= 11 is 6.05. The zero-order valence-corrected chi connectivity index (χ0v) is 12.6. The molecule has 108 valence electrons. The highest BCUT2D eigenvalue weighted by atomic mass is 35.5. The van der Waals surface area contributed by atoms with Gasteiger partial charge in [0.2, 0.25) is 0 Å². The molecule has 2 N–H and O–H groups in total. The summed E-state index contributed by atoms with van der Waals surface area (Å²) in [7, 11) is 0. The number of carbonyl (C=O) groups is 1. The normalized spacial score (nSPS) is 13.0. The highest BCUT2D eigenvalue weighted by Gasteiger charge is 2.11. The molecule has 0 unspecified atom stereocenters. The second-order valence-corrected chi connectivity index (χ2v) is 5.76. The minimum Gasteiger partial charge on any atom is -0.348 e. The molecule has 1 amide bonds. The zero-order valence-electron chi connectivity index (χ0n) is 11.9. The number of halogens is 1. The van der Waals surface area contributed by atoms with Crippen molar-refractivity contribution in [3.05, 3.63) is 69.2 Å². The average Bonchev–Trinajstić information content (AvgIpc) is 2.95. The van der Waals surface area contributed by atoms with Crippen molar-refractivity contribution in [3.63, 3.8) is 0 Å². The highest BCUT2D eigenvalue weighted by molar-refractivity contribution is 6.31. The summed E-state index contributed by atoms with van der Waals surface area (Å²) in [5.41, 5.74) is 5.34. The Hall–Kier alpha value is -1.84. The van der Waals surface area contributed by atoms with Crippen molar-refractivity contribution in [2.75, 3.05) is 0 Å². The molecular weight excluding hydrogens is 284 g/mol. The number of rotatable bonds is 3. The van der Waals surface area contributed by atoms with Crippen LogP contribution < -0.4 is 10.6 Å². The quantitative estimate of drug-likeness (QED) is 0.914. The maximum absolute atomic E-state index is 12.1. The van der Waals surface area contributed by atoms with Gasteiger partial charge in [-0.2, -0.15) is 0 Å². The smallest absolute Gasteiger partial charge is 0.251 e. The highest BCUT2D eigenvalue weighted by Crippen LogP contribution is 2.18. The lowest BCUT2D eigenvalue weighted by atomic mass is 10.1. The van der Waals surface area contributed by atoms with Gasteiger partial charge in [0.05, 0.1) is 0 Å². The van der Waals surface area contributed by atoms with Crippen LogP contribution >= 0.6 is 11.6 Å². The van der Waals surface area contributed by atoms with Gasteiger partial charge in [-0.3, -0.25) is 4.79 Å². The van der Waals surface area contributed by atoms with Crippen molar-refractivity contribution in [3.8, 4) is 0 Å². The summed E-state index contributed by atoms with van der Waals surface area (Å²) in [5.74, 6) is -0.101. The lowest BCUT2D eigenvalue weighted by molar-refractivity contribution is 0.0951. The summed E-state index contributed by atoms with van der Waals surface area (Å²) in [6.07, 6.45) is 0. The van der Waals surface area contributed by atoms with Gasteiger partial charge in [-0.15, -0.1) is 0 Å². The molecule has 0 atom stereocenters. The monoisotopic (exact) mass is 300 g/mol. The first-order chi connectivity index (χ1) is 10.1. The maximum atomic E-state index is 12.1. The van der Waals surface area contributed by atoms with Crippen molar-refractivity contribution in [2.24, 2.45) is 0 Å². The van der Waals surface area contributed by atoms with Crippen LogP contribution in [0.5, 0.6) is 0 Å². The molecule has 0 saturated heterocycles. The van der Waals surface area contributed by atoms with Crippen molar-refractivity contribution in [2.45, 2.75) is 26.6 Å². The van der Waals surface area contributed by atoms with E-state index in [4.69, 9.17) is 11.6 Å². The van der Waals surface area contributed by atoms with Gasteiger partial charge in [0.15, 0.2) is 0 Å². The number of amides is 1. The van der Waals surface area contributed by atoms with Gasteiger partial charge in [-0.1, -0.05) is 35.9 Å². The Labute approximate surface area is 129 Å². The number of fused-ring (bicyclic) bond motifs is 1. The third-order valence-electron chi connectivity index (χ3n) is 3.79. The summed E-state index contributed by atoms with van der Waals surface area (Å²) in [6, 6.07) is 11.7. The number of hydrogen-bond acceptors (Lipinski definition) is 2. The summed E-state index contributed by atoms with van der Waals surface area (Å²) < 4.78 is 0. The van der Waals surface area contributed by atoms with E-state index in [9.17, 15) is 4.79 Å². The molecule has 0 radical (unpaired) electrons. The molecule has 0 spiro atoms. The van der Waals surface area contributed by atoms with E-state index in [0.29, 0.717) is 17.1 Å². The van der Waals surface area contributed by atoms with Gasteiger partial charge in [0, 0.05) is 30.2 Å². The molecule has 3 rings (SSSR count). The first-order valence-corrected chi connectivity index (χ1v) is 7.37. The molecule has 0 fully saturated rings. The van der Waals surface area contributed by atoms with Crippen LogP contribution in [0.3, 0.4) is 0 Å². The molecule has 4 heteroatoms. The molecule has 0 saturated carbocycles. The number of benzene rings is 2. The topological polar surface area (TPSA) is 41.1 Å². The van der Waals surface area contributed by atoms with Gasteiger partial charge in [0.1, 0.15) is 0 Å². The fraction of sp³-hybridized carbons (Fsp3) is 0.235. The molecule has 0 bridgehead atoms. The molecule has 0 aliphatic carbocycles. The molecule has 1 aliphatic heterocycles. The van der Waals surface area contributed by atoms with Crippen LogP contribution in [0, 0.1) is 6.92 Å². The minimum absolute atomic E-state index is 0.101. The van der Waals surface area contributed by atoms with E-state index in [0.717, 1.165) is 24.2 Å². The first kappa shape index (κ1) is 14.1. The van der Waals surface area contributed by atoms with Crippen LogP contribution in [0.15, 0.2) is 36.4 Å². The van der Waals surface area contributed by atoms with Gasteiger partial charge in [0.25, 0.3) is 5.91 Å². The second kappa shape index (κ2) is 5.88. The Balaban J connectivity index is 1.67. The molecule has 3 nitrogen and oxygen atoms in total. The van der Waals surface area contributed by atoms with E-state index in [-0.39, 0.29) is 5.91 Å². The summed E-state index contributed by atoms with van der Waals surface area (Å²) in [5, 5.41) is 6.87. The van der Waals surface area contributed by atoms with E-state index in [1.165, 1.54) is 11.1 Å². The van der Waals surface area contributed by atoms with Crippen molar-refractivity contribution in [1.29, 1.82) is 0 Å². The van der Waals surface area contributed by atoms with Gasteiger partial charge < -0.3 is 10.6 Å². The van der Waals surface area contributed by atoms with Crippen molar-refractivity contribution >= 4 is 17.5 Å². The van der Waals surface area contributed by atoms with E-state index in [1.54, 1.807) is 12.1 Å². The fourth-order valence-corrected chi connectivity index (χ4v) is 2.66. The summed E-state index contributed by atoms with van der Waals surface area (Å²) in [6.45, 7) is 4.29. The maximum Gasteiger partial charge on any atom is 0.251 e. The SMILES string of the molecule is Cc1ccc(C(=O)NCc2ccc3c(c2)CNC3)cc1Cl. The molecule has 1 heterocycles. The zero-order chi connectivity index (χ0) is 14.8. The van der Waals surface area contributed by atoms with Crippen LogP contribution in [0.2, 0.25) is 5.02 Å². The first-order valence-electron chi connectivity index (χ1n) is 6.99. The van der Waals surface area contributed by atoms with Gasteiger partial charge >= 0.3 is 0 Å². The summed E-state index contributed by atoms with van der Waals surface area (Å²) in [4.78, 5) is 12.1. The van der Waals surface area contributed by atoms with Crippen molar-refractivity contribution < 1.29 is 4.79 Å². The van der Waals surface area contributed by atoms with Crippen LogP contribution in [0.4, 0.5) is 0 Å². The van der Waals surface area contributed by atoms with Crippen LogP contribution in [0.25, 0.3) is 0 Å².